The van der Waals surface area contributed by atoms with E-state index >= 15 is 0 Å². The van der Waals surface area contributed by atoms with Gasteiger partial charge in [-0.3, -0.25) is 0 Å². The van der Waals surface area contributed by atoms with Crippen molar-refractivity contribution in [3.05, 3.63) is 41.3 Å². The van der Waals surface area contributed by atoms with Crippen LogP contribution < -0.4 is 15.8 Å². The maximum absolute atomic E-state index is 5.94. The molecule has 2 rings (SSSR count). The van der Waals surface area contributed by atoms with Gasteiger partial charge in [-0.05, 0) is 52.8 Å². The van der Waals surface area contributed by atoms with Crippen LogP contribution in [0.5, 0.6) is 5.75 Å². The molecule has 0 amide bonds. The first kappa shape index (κ1) is 15.3. The summed E-state index contributed by atoms with van der Waals surface area (Å²) in [6, 6.07) is 7.98. The van der Waals surface area contributed by atoms with Gasteiger partial charge in [0.1, 0.15) is 17.3 Å². The molecule has 0 aliphatic rings. The summed E-state index contributed by atoms with van der Waals surface area (Å²) >= 11 is 0. The molecule has 21 heavy (non-hydrogen) atoms. The van der Waals surface area contributed by atoms with Crippen LogP contribution in [0.1, 0.15) is 43.9 Å². The highest BCUT2D eigenvalue weighted by Gasteiger charge is 2.13. The normalized spacial score (nSPS) is 12.5. The maximum atomic E-state index is 5.94. The van der Waals surface area contributed by atoms with Gasteiger partial charge in [-0.2, -0.15) is 0 Å². The van der Waals surface area contributed by atoms with Gasteiger partial charge in [-0.25, -0.2) is 0 Å². The van der Waals surface area contributed by atoms with Crippen LogP contribution in [-0.2, 0) is 0 Å². The third-order valence-corrected chi connectivity index (χ3v) is 3.31. The van der Waals surface area contributed by atoms with Gasteiger partial charge < -0.3 is 20.2 Å². The van der Waals surface area contributed by atoms with Gasteiger partial charge in [-0.1, -0.05) is 0 Å². The highest BCUT2D eigenvalue weighted by atomic mass is 16.5. The second kappa shape index (κ2) is 6.12. The quantitative estimate of drug-likeness (QED) is 0.798. The fourth-order valence-electron chi connectivity index (χ4n) is 2.39. The van der Waals surface area contributed by atoms with Gasteiger partial charge in [0.25, 0.3) is 0 Å². The number of ether oxygens (including phenoxy) is 1. The maximum Gasteiger partial charge on any atom is 0.144 e. The van der Waals surface area contributed by atoms with Crippen LogP contribution >= 0.6 is 0 Å². The van der Waals surface area contributed by atoms with E-state index < -0.39 is 0 Å². The zero-order valence-corrected chi connectivity index (χ0v) is 13.4. The minimum Gasteiger partial charge on any atom is -0.489 e. The number of benzene rings is 1. The van der Waals surface area contributed by atoms with Crippen molar-refractivity contribution in [1.29, 1.82) is 0 Å². The minimum absolute atomic E-state index is 0.0961. The van der Waals surface area contributed by atoms with E-state index in [1.165, 1.54) is 0 Å². The molecular formula is C17H24N2O2. The molecule has 0 radical (unpaired) electrons. The smallest absolute Gasteiger partial charge is 0.144 e. The van der Waals surface area contributed by atoms with Crippen LogP contribution in [0, 0.1) is 13.8 Å². The molecule has 2 aromatic rings. The van der Waals surface area contributed by atoms with Gasteiger partial charge in [0.15, 0.2) is 0 Å². The summed E-state index contributed by atoms with van der Waals surface area (Å²) in [5.74, 6) is 2.58. The average Bonchev–Trinajstić information content (AvgIpc) is 2.72. The molecule has 0 spiro atoms. The Balaban J connectivity index is 2.17. The number of nitrogens with one attached hydrogen (secondary N) is 1. The molecule has 114 valence electrons. The summed E-state index contributed by atoms with van der Waals surface area (Å²) < 4.78 is 11.3. The zero-order valence-electron chi connectivity index (χ0n) is 13.4. The van der Waals surface area contributed by atoms with Gasteiger partial charge in [0.05, 0.1) is 17.8 Å². The first-order valence-corrected chi connectivity index (χ1v) is 7.26. The van der Waals surface area contributed by atoms with Gasteiger partial charge in [-0.15, -0.1) is 0 Å². The van der Waals surface area contributed by atoms with Crippen LogP contribution in [0.4, 0.5) is 11.4 Å². The van der Waals surface area contributed by atoms with Crippen molar-refractivity contribution in [2.75, 3.05) is 11.1 Å². The number of aryl methyl sites for hydroxylation is 2. The fourth-order valence-corrected chi connectivity index (χ4v) is 2.39. The SMILES string of the molecule is Cc1cc(C(C)Nc2ccc(N)c(OC(C)C)c2)c(C)o1. The number of nitrogen functional groups attached to an aromatic ring is 1. The van der Waals surface area contributed by atoms with Crippen LogP contribution in [0.15, 0.2) is 28.7 Å². The molecule has 0 bridgehead atoms. The Morgan fingerprint density at radius 2 is 1.86 bits per heavy atom. The molecule has 0 saturated carbocycles. The molecule has 4 heteroatoms. The van der Waals surface area contributed by atoms with E-state index in [9.17, 15) is 0 Å². The van der Waals surface area contributed by atoms with Gasteiger partial charge in [0, 0.05) is 17.3 Å². The first-order chi connectivity index (χ1) is 9.86. The molecule has 0 saturated heterocycles. The van der Waals surface area contributed by atoms with Crippen molar-refractivity contribution in [3.63, 3.8) is 0 Å². The van der Waals surface area contributed by atoms with Crippen LogP contribution in [-0.4, -0.2) is 6.10 Å². The summed E-state index contributed by atoms with van der Waals surface area (Å²) in [7, 11) is 0. The van der Waals surface area contributed by atoms with E-state index in [4.69, 9.17) is 14.9 Å². The summed E-state index contributed by atoms with van der Waals surface area (Å²) in [4.78, 5) is 0. The van der Waals surface area contributed by atoms with Crippen molar-refractivity contribution in [3.8, 4) is 5.75 Å². The number of furan rings is 1. The van der Waals surface area contributed by atoms with E-state index in [0.717, 1.165) is 22.8 Å². The molecule has 1 unspecified atom stereocenters. The average molecular weight is 288 g/mol. The molecule has 4 nitrogen and oxygen atoms in total. The molecule has 1 atom stereocenters. The van der Waals surface area contributed by atoms with Crippen molar-refractivity contribution >= 4 is 11.4 Å². The summed E-state index contributed by atoms with van der Waals surface area (Å²) in [5, 5.41) is 3.46. The second-order valence-electron chi connectivity index (χ2n) is 5.65. The highest BCUT2D eigenvalue weighted by molar-refractivity contribution is 5.62. The third-order valence-electron chi connectivity index (χ3n) is 3.31. The Morgan fingerprint density at radius 1 is 1.14 bits per heavy atom. The molecule has 1 heterocycles. The molecule has 1 aromatic carbocycles. The van der Waals surface area contributed by atoms with Crippen LogP contribution in [0.3, 0.4) is 0 Å². The molecule has 0 aliphatic carbocycles. The Morgan fingerprint density at radius 3 is 2.43 bits per heavy atom. The van der Waals surface area contributed by atoms with Crippen molar-refractivity contribution in [2.24, 2.45) is 0 Å². The predicted octanol–water partition coefficient (Wildman–Crippen LogP) is 4.44. The molecule has 3 N–H and O–H groups in total. The lowest BCUT2D eigenvalue weighted by Crippen LogP contribution is -2.10. The van der Waals surface area contributed by atoms with Crippen LogP contribution in [0.25, 0.3) is 0 Å². The van der Waals surface area contributed by atoms with E-state index in [1.807, 2.05) is 45.9 Å². The Kier molecular flexibility index (Phi) is 4.46. The summed E-state index contributed by atoms with van der Waals surface area (Å²) in [5.41, 5.74) is 8.73. The van der Waals surface area contributed by atoms with Gasteiger partial charge >= 0.3 is 0 Å². The minimum atomic E-state index is 0.0961. The lowest BCUT2D eigenvalue weighted by molar-refractivity contribution is 0.244. The van der Waals surface area contributed by atoms with E-state index in [2.05, 4.69) is 18.3 Å². The van der Waals surface area contributed by atoms with E-state index in [1.54, 1.807) is 0 Å². The van der Waals surface area contributed by atoms with E-state index in [-0.39, 0.29) is 12.1 Å². The summed E-state index contributed by atoms with van der Waals surface area (Å²) in [6.45, 7) is 10.0. The standard InChI is InChI=1S/C17H24N2O2/c1-10(2)20-17-9-14(6-7-16(17)18)19-12(4)15-8-11(3)21-13(15)5/h6-10,12,19H,18H2,1-5H3. The number of rotatable bonds is 5. The third kappa shape index (κ3) is 3.72. The number of hydrogen-bond donors (Lipinski definition) is 2. The van der Waals surface area contributed by atoms with Crippen LogP contribution in [0.2, 0.25) is 0 Å². The molecule has 1 aromatic heterocycles. The van der Waals surface area contributed by atoms with Crippen molar-refractivity contribution < 1.29 is 9.15 Å². The largest absolute Gasteiger partial charge is 0.489 e. The predicted molar refractivity (Wildman–Crippen MR) is 86.8 cm³/mol. The Bertz CT molecular complexity index is 617. The molecular weight excluding hydrogens is 264 g/mol. The Hall–Kier alpha value is -2.10. The highest BCUT2D eigenvalue weighted by Crippen LogP contribution is 2.30. The number of nitrogens with two attached hydrogens (primary N) is 1. The Labute approximate surface area is 126 Å². The lowest BCUT2D eigenvalue weighted by Gasteiger charge is -2.17. The monoisotopic (exact) mass is 288 g/mol. The lowest BCUT2D eigenvalue weighted by atomic mass is 10.1. The van der Waals surface area contributed by atoms with Crippen molar-refractivity contribution in [1.82, 2.24) is 0 Å². The molecule has 0 aliphatic heterocycles. The number of anilines is 2. The first-order valence-electron chi connectivity index (χ1n) is 7.26. The summed E-state index contributed by atoms with van der Waals surface area (Å²) in [6.07, 6.45) is 0.0961. The second-order valence-corrected chi connectivity index (χ2v) is 5.65. The van der Waals surface area contributed by atoms with Crippen molar-refractivity contribution in [2.45, 2.75) is 46.8 Å². The zero-order chi connectivity index (χ0) is 15.6. The number of hydrogen-bond acceptors (Lipinski definition) is 4. The molecule has 0 fully saturated rings. The fraction of sp³-hybridized carbons (Fsp3) is 0.412. The van der Waals surface area contributed by atoms with Gasteiger partial charge in [0.2, 0.25) is 0 Å². The topological polar surface area (TPSA) is 60.4 Å². The van der Waals surface area contributed by atoms with E-state index in [0.29, 0.717) is 11.4 Å².